The Labute approximate surface area is 114 Å². The molecule has 0 unspecified atom stereocenters. The number of nitrogens with zero attached hydrogens (tertiary/aromatic N) is 1. The summed E-state index contributed by atoms with van der Waals surface area (Å²) in [7, 11) is 1.84. The van der Waals surface area contributed by atoms with Gasteiger partial charge in [-0.3, -0.25) is 4.90 Å². The normalized spacial score (nSPS) is 35.6. The van der Waals surface area contributed by atoms with Gasteiger partial charge in [0.15, 0.2) is 0 Å². The lowest BCUT2D eigenvalue weighted by Crippen LogP contribution is -2.57. The van der Waals surface area contributed by atoms with E-state index in [4.69, 9.17) is 4.74 Å². The van der Waals surface area contributed by atoms with Crippen LogP contribution < -0.4 is 0 Å². The van der Waals surface area contributed by atoms with Crippen LogP contribution in [0, 0.1) is 0 Å². The highest BCUT2D eigenvalue weighted by Crippen LogP contribution is 2.57. The van der Waals surface area contributed by atoms with Crippen molar-refractivity contribution in [3.8, 4) is 0 Å². The molecule has 19 heavy (non-hydrogen) atoms. The second kappa shape index (κ2) is 3.33. The summed E-state index contributed by atoms with van der Waals surface area (Å²) >= 11 is 0. The molecule has 1 saturated heterocycles. The second-order valence-corrected chi connectivity index (χ2v) is 6.84. The Bertz CT molecular complexity index is 566. The van der Waals surface area contributed by atoms with Gasteiger partial charge in [-0.25, -0.2) is 4.79 Å². The third-order valence-corrected chi connectivity index (χ3v) is 5.25. The van der Waals surface area contributed by atoms with Crippen LogP contribution in [0.2, 0.25) is 0 Å². The van der Waals surface area contributed by atoms with Gasteiger partial charge in [-0.1, -0.05) is 38.1 Å². The third kappa shape index (κ3) is 1.31. The van der Waals surface area contributed by atoms with Crippen molar-refractivity contribution >= 4 is 6.09 Å². The maximum atomic E-state index is 12.1. The SMILES string of the molecule is CN1C(=O)O[C@]2(C)CC(C)(C)c3ccccc3[C@]12C. The quantitative estimate of drug-likeness (QED) is 0.714. The molecule has 3 heteroatoms. The molecule has 1 heterocycles. The highest BCUT2D eigenvalue weighted by Gasteiger charge is 2.64. The van der Waals surface area contributed by atoms with E-state index in [1.807, 2.05) is 13.1 Å². The average Bonchev–Trinajstić information content (AvgIpc) is 2.50. The molecule has 0 aromatic heterocycles. The van der Waals surface area contributed by atoms with Gasteiger partial charge in [0, 0.05) is 7.05 Å². The Balaban J connectivity index is 2.32. The van der Waals surface area contributed by atoms with Crippen LogP contribution in [0.5, 0.6) is 0 Å². The predicted octanol–water partition coefficient (Wildman–Crippen LogP) is 3.42. The van der Waals surface area contributed by atoms with Gasteiger partial charge in [-0.05, 0) is 36.8 Å². The van der Waals surface area contributed by atoms with Gasteiger partial charge >= 0.3 is 6.09 Å². The molecule has 1 amide bonds. The topological polar surface area (TPSA) is 29.5 Å². The number of rotatable bonds is 0. The average molecular weight is 259 g/mol. The van der Waals surface area contributed by atoms with E-state index in [0.29, 0.717) is 0 Å². The minimum atomic E-state index is -0.476. The molecule has 1 aromatic carbocycles. The highest BCUT2D eigenvalue weighted by molar-refractivity contribution is 5.74. The van der Waals surface area contributed by atoms with Crippen LogP contribution in [0.4, 0.5) is 4.79 Å². The van der Waals surface area contributed by atoms with Crippen LogP contribution in [-0.4, -0.2) is 23.6 Å². The molecule has 0 N–H and O–H groups in total. The minimum absolute atomic E-state index is 0.0102. The van der Waals surface area contributed by atoms with Crippen LogP contribution in [-0.2, 0) is 15.7 Å². The summed E-state index contributed by atoms with van der Waals surface area (Å²) in [6.07, 6.45) is 0.612. The molecular formula is C16H21NO2. The lowest BCUT2D eigenvalue weighted by Gasteiger charge is -2.51. The van der Waals surface area contributed by atoms with Crippen LogP contribution in [0.1, 0.15) is 45.2 Å². The molecule has 2 aliphatic rings. The molecule has 1 aliphatic heterocycles. The number of hydrogen-bond acceptors (Lipinski definition) is 2. The van der Waals surface area contributed by atoms with E-state index in [1.54, 1.807) is 4.90 Å². The Hall–Kier alpha value is -1.51. The number of fused-ring (bicyclic) bond motifs is 3. The van der Waals surface area contributed by atoms with Gasteiger partial charge in [-0.2, -0.15) is 0 Å². The summed E-state index contributed by atoms with van der Waals surface area (Å²) in [4.78, 5) is 13.8. The minimum Gasteiger partial charge on any atom is -0.440 e. The number of likely N-dealkylation sites (N-methyl/N-ethyl adjacent to an activating group) is 1. The zero-order valence-electron chi connectivity index (χ0n) is 12.3. The lowest BCUT2D eigenvalue weighted by molar-refractivity contribution is -0.0262. The van der Waals surface area contributed by atoms with Crippen molar-refractivity contribution in [2.45, 2.75) is 50.7 Å². The molecule has 1 aromatic rings. The van der Waals surface area contributed by atoms with Crippen LogP contribution in [0.25, 0.3) is 0 Å². The van der Waals surface area contributed by atoms with Gasteiger partial charge in [-0.15, -0.1) is 0 Å². The number of carbonyl (C=O) groups is 1. The van der Waals surface area contributed by atoms with Gasteiger partial charge in [0.2, 0.25) is 0 Å². The zero-order valence-corrected chi connectivity index (χ0v) is 12.3. The fraction of sp³-hybridized carbons (Fsp3) is 0.562. The molecule has 1 fully saturated rings. The zero-order chi connectivity index (χ0) is 14.1. The van der Waals surface area contributed by atoms with Crippen molar-refractivity contribution in [3.63, 3.8) is 0 Å². The van der Waals surface area contributed by atoms with Gasteiger partial charge < -0.3 is 4.74 Å². The van der Waals surface area contributed by atoms with Crippen molar-refractivity contribution in [2.75, 3.05) is 7.05 Å². The fourth-order valence-electron chi connectivity index (χ4n) is 4.01. The smallest absolute Gasteiger partial charge is 0.411 e. The van der Waals surface area contributed by atoms with Crippen molar-refractivity contribution < 1.29 is 9.53 Å². The molecule has 3 nitrogen and oxygen atoms in total. The van der Waals surface area contributed by atoms with Crippen LogP contribution in [0.3, 0.4) is 0 Å². The summed E-state index contributed by atoms with van der Waals surface area (Å²) in [5, 5.41) is 0. The third-order valence-electron chi connectivity index (χ3n) is 5.25. The van der Waals surface area contributed by atoms with E-state index in [2.05, 4.69) is 45.9 Å². The van der Waals surface area contributed by atoms with Gasteiger partial charge in [0.1, 0.15) is 11.1 Å². The first-order valence-corrected chi connectivity index (χ1v) is 6.79. The first kappa shape index (κ1) is 12.5. The summed E-state index contributed by atoms with van der Waals surface area (Å²) in [5.74, 6) is 0. The predicted molar refractivity (Wildman–Crippen MR) is 74.1 cm³/mol. The second-order valence-electron chi connectivity index (χ2n) is 6.84. The van der Waals surface area contributed by atoms with Crippen LogP contribution >= 0.6 is 0 Å². The van der Waals surface area contributed by atoms with E-state index in [1.165, 1.54) is 11.1 Å². The van der Waals surface area contributed by atoms with E-state index >= 15 is 0 Å². The number of ether oxygens (including phenoxy) is 1. The highest BCUT2D eigenvalue weighted by atomic mass is 16.6. The Morgan fingerprint density at radius 1 is 1.11 bits per heavy atom. The Kier molecular flexibility index (Phi) is 2.19. The van der Waals surface area contributed by atoms with E-state index < -0.39 is 11.1 Å². The number of carbonyl (C=O) groups excluding carboxylic acids is 1. The fourth-order valence-corrected chi connectivity index (χ4v) is 4.01. The Morgan fingerprint density at radius 2 is 1.68 bits per heavy atom. The number of hydrogen-bond donors (Lipinski definition) is 0. The standard InChI is InChI=1S/C16H21NO2/c1-14(2)10-15(3)16(4,17(5)13(18)19-15)12-9-7-6-8-11(12)14/h6-9H,10H2,1-5H3/t15-,16+/m1/s1. The van der Waals surface area contributed by atoms with E-state index in [-0.39, 0.29) is 11.5 Å². The van der Waals surface area contributed by atoms with Gasteiger partial charge in [0.05, 0.1) is 0 Å². The van der Waals surface area contributed by atoms with Crippen molar-refractivity contribution in [3.05, 3.63) is 35.4 Å². The largest absolute Gasteiger partial charge is 0.440 e. The monoisotopic (exact) mass is 259 g/mol. The molecule has 1 aliphatic carbocycles. The molecular weight excluding hydrogens is 238 g/mol. The first-order chi connectivity index (χ1) is 8.72. The van der Waals surface area contributed by atoms with E-state index in [0.717, 1.165) is 6.42 Å². The first-order valence-electron chi connectivity index (χ1n) is 6.79. The molecule has 102 valence electrons. The van der Waals surface area contributed by atoms with Crippen molar-refractivity contribution in [1.82, 2.24) is 4.90 Å². The molecule has 0 saturated carbocycles. The van der Waals surface area contributed by atoms with Gasteiger partial charge in [0.25, 0.3) is 0 Å². The maximum absolute atomic E-state index is 12.1. The molecule has 0 bridgehead atoms. The van der Waals surface area contributed by atoms with Crippen LogP contribution in [0.15, 0.2) is 24.3 Å². The van der Waals surface area contributed by atoms with Crippen molar-refractivity contribution in [2.24, 2.45) is 0 Å². The molecule has 2 atom stereocenters. The molecule has 3 rings (SSSR count). The summed E-state index contributed by atoms with van der Waals surface area (Å²) in [6, 6.07) is 8.43. The lowest BCUT2D eigenvalue weighted by atomic mass is 9.59. The number of benzene rings is 1. The van der Waals surface area contributed by atoms with E-state index in [9.17, 15) is 4.79 Å². The summed E-state index contributed by atoms with van der Waals surface area (Å²) in [6.45, 7) is 8.63. The summed E-state index contributed by atoms with van der Waals surface area (Å²) < 4.78 is 5.75. The van der Waals surface area contributed by atoms with Crippen molar-refractivity contribution in [1.29, 1.82) is 0 Å². The summed E-state index contributed by atoms with van der Waals surface area (Å²) in [5.41, 5.74) is 1.67. The number of amides is 1. The molecule has 0 spiro atoms. The Morgan fingerprint density at radius 3 is 2.32 bits per heavy atom. The molecule has 0 radical (unpaired) electrons. The maximum Gasteiger partial charge on any atom is 0.411 e.